The Labute approximate surface area is 211 Å². The lowest BCUT2D eigenvalue weighted by molar-refractivity contribution is -0.137. The number of carbonyl (C=O) groups excluding carboxylic acids is 2. The average Bonchev–Trinajstić information content (AvgIpc) is 3.22. The van der Waals surface area contributed by atoms with Crippen LogP contribution < -0.4 is 16.0 Å². The third-order valence-electron chi connectivity index (χ3n) is 4.75. The quantitative estimate of drug-likeness (QED) is 0.216. The minimum absolute atomic E-state index is 0.0213. The molecule has 3 aromatic carbocycles. The number of fused-ring (bicyclic) bond motifs is 1. The molecule has 0 radical (unpaired) electrons. The number of methoxy groups -OCH3 is 1. The van der Waals surface area contributed by atoms with Crippen LogP contribution in [-0.2, 0) is 10.9 Å². The number of hydrogen-bond donors (Lipinski definition) is 4. The van der Waals surface area contributed by atoms with Gasteiger partial charge < -0.3 is 20.4 Å². The summed E-state index contributed by atoms with van der Waals surface area (Å²) in [6.45, 7) is 0. The van der Waals surface area contributed by atoms with Crippen molar-refractivity contribution in [3.63, 3.8) is 0 Å². The van der Waals surface area contributed by atoms with Gasteiger partial charge in [-0.1, -0.05) is 23.4 Å². The standard InChI is InChI=1S/C23H17ClF3N5O3S/c1-35-22(34)32-20-29-17-9-7-15(11-19(17)30-20)36-14-5-3-13(4-6-14)28-21(33)31-18-10-12(23(25,26)27)2-8-16(18)24/h2-11H,1H3,(H2,28,31,33)(H2,29,30,32,34). The van der Waals surface area contributed by atoms with Gasteiger partial charge in [0.1, 0.15) is 0 Å². The van der Waals surface area contributed by atoms with Gasteiger partial charge >= 0.3 is 18.3 Å². The van der Waals surface area contributed by atoms with Gasteiger partial charge in [0, 0.05) is 15.5 Å². The molecule has 8 nitrogen and oxygen atoms in total. The molecule has 13 heteroatoms. The number of carbonyl (C=O) groups is 2. The second kappa shape index (κ2) is 10.4. The van der Waals surface area contributed by atoms with Gasteiger partial charge in [-0.05, 0) is 60.7 Å². The zero-order valence-electron chi connectivity index (χ0n) is 18.4. The van der Waals surface area contributed by atoms with Crippen molar-refractivity contribution in [2.45, 2.75) is 16.0 Å². The van der Waals surface area contributed by atoms with E-state index in [1.807, 2.05) is 18.2 Å². The molecule has 0 fully saturated rings. The second-order valence-corrected chi connectivity index (χ2v) is 8.83. The van der Waals surface area contributed by atoms with Crippen molar-refractivity contribution < 1.29 is 27.5 Å². The summed E-state index contributed by atoms with van der Waals surface area (Å²) >= 11 is 7.36. The number of nitrogens with zero attached hydrogens (tertiary/aromatic N) is 1. The van der Waals surface area contributed by atoms with Crippen LogP contribution in [0.4, 0.5) is 40.1 Å². The van der Waals surface area contributed by atoms with Crippen molar-refractivity contribution in [2.75, 3.05) is 23.1 Å². The molecule has 4 aromatic rings. The van der Waals surface area contributed by atoms with E-state index >= 15 is 0 Å². The van der Waals surface area contributed by atoms with Crippen LogP contribution in [0.5, 0.6) is 0 Å². The third-order valence-corrected chi connectivity index (χ3v) is 6.08. The lowest BCUT2D eigenvalue weighted by Crippen LogP contribution is -2.20. The largest absolute Gasteiger partial charge is 0.453 e. The Morgan fingerprint density at radius 1 is 0.972 bits per heavy atom. The average molecular weight is 536 g/mol. The molecule has 1 aromatic heterocycles. The number of aromatic amines is 1. The summed E-state index contributed by atoms with van der Waals surface area (Å²) in [6, 6.07) is 14.3. The van der Waals surface area contributed by atoms with E-state index in [4.69, 9.17) is 11.6 Å². The van der Waals surface area contributed by atoms with Crippen LogP contribution in [-0.4, -0.2) is 29.2 Å². The molecule has 1 heterocycles. The molecule has 4 N–H and O–H groups in total. The summed E-state index contributed by atoms with van der Waals surface area (Å²) in [6.07, 6.45) is -5.20. The maximum Gasteiger partial charge on any atom is 0.416 e. The highest BCUT2D eigenvalue weighted by Gasteiger charge is 2.31. The van der Waals surface area contributed by atoms with E-state index in [9.17, 15) is 22.8 Å². The van der Waals surface area contributed by atoms with Crippen molar-refractivity contribution >= 4 is 63.8 Å². The molecule has 4 rings (SSSR count). The number of imidazole rings is 1. The van der Waals surface area contributed by atoms with E-state index in [0.717, 1.165) is 33.5 Å². The van der Waals surface area contributed by atoms with E-state index in [1.54, 1.807) is 24.3 Å². The number of halogens is 4. The predicted octanol–water partition coefficient (Wildman–Crippen LogP) is 7.21. The van der Waals surface area contributed by atoms with E-state index < -0.39 is 23.9 Å². The normalized spacial score (nSPS) is 11.2. The van der Waals surface area contributed by atoms with Gasteiger partial charge in [0.25, 0.3) is 0 Å². The first-order valence-electron chi connectivity index (χ1n) is 10.2. The highest BCUT2D eigenvalue weighted by molar-refractivity contribution is 7.99. The molecule has 0 saturated heterocycles. The van der Waals surface area contributed by atoms with Crippen LogP contribution in [0.2, 0.25) is 5.02 Å². The van der Waals surface area contributed by atoms with Gasteiger partial charge in [0.15, 0.2) is 0 Å². The van der Waals surface area contributed by atoms with Gasteiger partial charge in [-0.2, -0.15) is 13.2 Å². The van der Waals surface area contributed by atoms with Crippen LogP contribution in [0.1, 0.15) is 5.56 Å². The monoisotopic (exact) mass is 535 g/mol. The summed E-state index contributed by atoms with van der Waals surface area (Å²) < 4.78 is 43.3. The number of rotatable bonds is 5. The molecule has 36 heavy (non-hydrogen) atoms. The number of aromatic nitrogens is 2. The molecule has 0 spiro atoms. The van der Waals surface area contributed by atoms with E-state index in [2.05, 4.69) is 30.7 Å². The van der Waals surface area contributed by atoms with Crippen molar-refractivity contribution in [1.29, 1.82) is 0 Å². The molecular formula is C23H17ClF3N5O3S. The van der Waals surface area contributed by atoms with Crippen molar-refractivity contribution in [3.05, 3.63) is 71.2 Å². The number of hydrogen-bond acceptors (Lipinski definition) is 5. The van der Waals surface area contributed by atoms with Crippen LogP contribution in [0.15, 0.2) is 70.5 Å². The van der Waals surface area contributed by atoms with Crippen LogP contribution >= 0.6 is 23.4 Å². The Hall–Kier alpha value is -3.90. The highest BCUT2D eigenvalue weighted by atomic mass is 35.5. The number of H-pyrrole nitrogens is 1. The van der Waals surface area contributed by atoms with Crippen molar-refractivity contribution in [3.8, 4) is 0 Å². The fourth-order valence-electron chi connectivity index (χ4n) is 3.08. The lowest BCUT2D eigenvalue weighted by atomic mass is 10.2. The maximum atomic E-state index is 12.9. The summed E-state index contributed by atoms with van der Waals surface area (Å²) in [5.41, 5.74) is 0.732. The molecule has 3 amide bonds. The Morgan fingerprint density at radius 2 is 1.69 bits per heavy atom. The molecule has 0 unspecified atom stereocenters. The lowest BCUT2D eigenvalue weighted by Gasteiger charge is -2.12. The van der Waals surface area contributed by atoms with Crippen molar-refractivity contribution in [2.24, 2.45) is 0 Å². The number of benzene rings is 3. The smallest absolute Gasteiger partial charge is 0.416 e. The van der Waals surface area contributed by atoms with Gasteiger partial charge in [-0.25, -0.2) is 14.6 Å². The zero-order chi connectivity index (χ0) is 25.9. The summed E-state index contributed by atoms with van der Waals surface area (Å²) in [5.74, 6) is 0.263. The van der Waals surface area contributed by atoms with Crippen molar-refractivity contribution in [1.82, 2.24) is 9.97 Å². The van der Waals surface area contributed by atoms with Gasteiger partial charge in [-0.3, -0.25) is 5.32 Å². The number of nitrogens with one attached hydrogen (secondary N) is 4. The van der Waals surface area contributed by atoms with Crippen LogP contribution in [0.25, 0.3) is 11.0 Å². The SMILES string of the molecule is COC(=O)Nc1nc2cc(Sc3ccc(NC(=O)Nc4cc(C(F)(F)F)ccc4Cl)cc3)ccc2[nH]1. The molecule has 186 valence electrons. The number of urea groups is 1. The predicted molar refractivity (Wildman–Crippen MR) is 132 cm³/mol. The Kier molecular flexibility index (Phi) is 7.27. The first-order chi connectivity index (χ1) is 17.1. The topological polar surface area (TPSA) is 108 Å². The summed E-state index contributed by atoms with van der Waals surface area (Å²) in [7, 11) is 1.26. The first kappa shape index (κ1) is 25.2. The first-order valence-corrected chi connectivity index (χ1v) is 11.4. The van der Waals surface area contributed by atoms with Crippen LogP contribution in [0.3, 0.4) is 0 Å². The Bertz CT molecular complexity index is 1430. The maximum absolute atomic E-state index is 12.9. The second-order valence-electron chi connectivity index (χ2n) is 7.28. The van der Waals surface area contributed by atoms with E-state index in [1.165, 1.54) is 18.9 Å². The molecule has 0 aliphatic carbocycles. The van der Waals surface area contributed by atoms with Gasteiger partial charge in [0.05, 0.1) is 34.4 Å². The van der Waals surface area contributed by atoms with E-state index in [-0.39, 0.29) is 16.7 Å². The molecule has 0 saturated carbocycles. The number of anilines is 3. The minimum Gasteiger partial charge on any atom is -0.453 e. The zero-order valence-corrected chi connectivity index (χ0v) is 19.9. The fraction of sp³-hybridized carbons (Fsp3) is 0.0870. The number of ether oxygens (including phenoxy) is 1. The summed E-state index contributed by atoms with van der Waals surface area (Å²) in [5, 5.41) is 7.33. The molecule has 0 bridgehead atoms. The molecule has 0 aliphatic rings. The minimum atomic E-state index is -4.56. The van der Waals surface area contributed by atoms with E-state index in [0.29, 0.717) is 11.2 Å². The molecular weight excluding hydrogens is 519 g/mol. The number of amides is 3. The summed E-state index contributed by atoms with van der Waals surface area (Å²) in [4.78, 5) is 32.6. The van der Waals surface area contributed by atoms with Gasteiger partial charge in [0.2, 0.25) is 5.95 Å². The molecule has 0 atom stereocenters. The number of alkyl halides is 3. The Morgan fingerprint density at radius 3 is 2.39 bits per heavy atom. The molecule has 0 aliphatic heterocycles. The highest BCUT2D eigenvalue weighted by Crippen LogP contribution is 2.34. The Balaban J connectivity index is 1.39. The third kappa shape index (κ3) is 6.20. The van der Waals surface area contributed by atoms with Gasteiger partial charge in [-0.15, -0.1) is 0 Å². The van der Waals surface area contributed by atoms with Crippen LogP contribution in [0, 0.1) is 0 Å². The fourth-order valence-corrected chi connectivity index (χ4v) is 4.10.